The van der Waals surface area contributed by atoms with Gasteiger partial charge in [0.25, 0.3) is 0 Å². The Balaban J connectivity index is 4.64. The summed E-state index contributed by atoms with van der Waals surface area (Å²) in [6.07, 6.45) is 87.8. The number of allylic oxidation sites excluding steroid dienone is 28. The summed E-state index contributed by atoms with van der Waals surface area (Å²) in [6.45, 7) is 6.25. The average Bonchev–Trinajstić information content (AvgIpc) is 3.39. The van der Waals surface area contributed by atoms with Crippen LogP contribution in [0.3, 0.4) is 0 Å². The molecule has 0 unspecified atom stereocenters. The lowest BCUT2D eigenvalue weighted by Crippen LogP contribution is -2.30. The molecular formula is C67H102O6. The van der Waals surface area contributed by atoms with Gasteiger partial charge in [-0.15, -0.1) is 0 Å². The molecule has 1 atom stereocenters. The molecule has 0 radical (unpaired) electrons. The predicted octanol–water partition coefficient (Wildman–Crippen LogP) is 19.5. The number of esters is 3. The summed E-state index contributed by atoms with van der Waals surface area (Å²) in [5.41, 5.74) is 0. The lowest BCUT2D eigenvalue weighted by Gasteiger charge is -2.18. The highest BCUT2D eigenvalue weighted by Gasteiger charge is 2.19. The first-order valence-electron chi connectivity index (χ1n) is 28.6. The maximum absolute atomic E-state index is 12.9. The Labute approximate surface area is 447 Å². The van der Waals surface area contributed by atoms with Gasteiger partial charge in [-0.1, -0.05) is 223 Å². The second-order valence-electron chi connectivity index (χ2n) is 18.1. The third kappa shape index (κ3) is 57.5. The van der Waals surface area contributed by atoms with Crippen LogP contribution >= 0.6 is 0 Å². The third-order valence-corrected chi connectivity index (χ3v) is 11.2. The molecule has 0 aliphatic carbocycles. The molecule has 0 rings (SSSR count). The SMILES string of the molecule is CC/C=C\C/C=C\C/C=C\C/C=C\C/C=C\C/C=C\CCC(=O)OC[C@H](COC(=O)CCCCC/C=C\C/C=C\C/C=C\C/C=C\C/C=C\CC)OC(=O)CCCCCC/C=C\C/C=C\C/C=C\CCCCC. The largest absolute Gasteiger partial charge is 0.462 e. The molecule has 0 aliphatic rings. The monoisotopic (exact) mass is 1000 g/mol. The van der Waals surface area contributed by atoms with Crippen molar-refractivity contribution in [3.63, 3.8) is 0 Å². The van der Waals surface area contributed by atoms with Gasteiger partial charge in [0.05, 0.1) is 0 Å². The Kier molecular flexibility index (Phi) is 55.1. The van der Waals surface area contributed by atoms with Crippen molar-refractivity contribution in [2.45, 2.75) is 219 Å². The first-order chi connectivity index (χ1) is 36.0. The highest BCUT2D eigenvalue weighted by Crippen LogP contribution is 2.11. The van der Waals surface area contributed by atoms with Gasteiger partial charge in [-0.3, -0.25) is 14.4 Å². The van der Waals surface area contributed by atoms with Crippen LogP contribution in [-0.4, -0.2) is 37.2 Å². The van der Waals surface area contributed by atoms with Gasteiger partial charge < -0.3 is 14.2 Å². The van der Waals surface area contributed by atoms with Crippen LogP contribution < -0.4 is 0 Å². The quantitative estimate of drug-likeness (QED) is 0.0261. The van der Waals surface area contributed by atoms with E-state index in [0.717, 1.165) is 141 Å². The molecule has 0 N–H and O–H groups in total. The zero-order valence-electron chi connectivity index (χ0n) is 46.3. The van der Waals surface area contributed by atoms with E-state index in [1.165, 1.54) is 25.7 Å². The highest BCUT2D eigenvalue weighted by molar-refractivity contribution is 5.71. The molecule has 406 valence electrons. The molecule has 6 nitrogen and oxygen atoms in total. The number of rotatable bonds is 49. The molecule has 0 fully saturated rings. The van der Waals surface area contributed by atoms with E-state index in [1.807, 2.05) is 12.2 Å². The summed E-state index contributed by atoms with van der Waals surface area (Å²) >= 11 is 0. The molecule has 0 saturated carbocycles. The molecule has 0 amide bonds. The molecule has 0 heterocycles. The van der Waals surface area contributed by atoms with E-state index in [0.29, 0.717) is 12.8 Å². The van der Waals surface area contributed by atoms with Gasteiger partial charge in [-0.2, -0.15) is 0 Å². The Bertz CT molecular complexity index is 1720. The minimum atomic E-state index is -0.845. The normalized spacial score (nSPS) is 13.4. The van der Waals surface area contributed by atoms with Gasteiger partial charge in [0, 0.05) is 19.3 Å². The second kappa shape index (κ2) is 59.3. The lowest BCUT2D eigenvalue weighted by atomic mass is 10.1. The number of hydrogen-bond acceptors (Lipinski definition) is 6. The van der Waals surface area contributed by atoms with Gasteiger partial charge in [-0.25, -0.2) is 0 Å². The number of unbranched alkanes of at least 4 members (excludes halogenated alkanes) is 10. The maximum Gasteiger partial charge on any atom is 0.306 e. The van der Waals surface area contributed by atoms with Gasteiger partial charge in [0.15, 0.2) is 6.10 Å². The summed E-state index contributed by atoms with van der Waals surface area (Å²) in [5.74, 6) is -1.09. The summed E-state index contributed by atoms with van der Waals surface area (Å²) < 4.78 is 16.7. The van der Waals surface area contributed by atoms with Crippen molar-refractivity contribution >= 4 is 17.9 Å². The predicted molar refractivity (Wildman–Crippen MR) is 315 cm³/mol. The standard InChI is InChI=1S/C67H102O6/c1-4-7-10-13-16-19-22-25-28-31-33-36-38-41-44-47-50-53-56-59-65(68)71-62-64(73-67(70)61-58-55-52-49-46-43-40-35-30-27-24-21-18-15-12-9-6-3)63-72-66(69)60-57-54-51-48-45-42-39-37-34-32-29-26-23-20-17-14-11-8-5-2/h7-8,10-11,16-21,25-30,33-34,36-37,40-45,50,53,64H,4-6,9,12-15,22-24,31-32,35,38-39,46-49,51-52,54-63H2,1-3H3/b10-7-,11-8-,19-16-,20-17-,21-18-,28-25-,29-26-,30-27-,36-33-,37-34-,43-40-,44-41-,45-42-,53-50-/t64-/m1/s1. The van der Waals surface area contributed by atoms with E-state index in [9.17, 15) is 14.4 Å². The molecule has 0 bridgehead atoms. The fourth-order valence-corrected chi connectivity index (χ4v) is 6.97. The Morgan fingerprint density at radius 2 is 0.562 bits per heavy atom. The molecule has 0 aromatic rings. The van der Waals surface area contributed by atoms with Crippen LogP contribution in [-0.2, 0) is 28.6 Å². The fourth-order valence-electron chi connectivity index (χ4n) is 6.97. The molecule has 0 aromatic heterocycles. The van der Waals surface area contributed by atoms with Crippen LogP contribution in [0.2, 0.25) is 0 Å². The summed E-state index contributed by atoms with van der Waals surface area (Å²) in [4.78, 5) is 38.2. The summed E-state index contributed by atoms with van der Waals surface area (Å²) in [5, 5.41) is 0. The number of hydrogen-bond donors (Lipinski definition) is 0. The first kappa shape index (κ1) is 67.8. The van der Waals surface area contributed by atoms with E-state index >= 15 is 0 Å². The Hall–Kier alpha value is -5.23. The van der Waals surface area contributed by atoms with Crippen molar-refractivity contribution in [1.29, 1.82) is 0 Å². The molecule has 6 heteroatoms. The van der Waals surface area contributed by atoms with Crippen molar-refractivity contribution in [1.82, 2.24) is 0 Å². The van der Waals surface area contributed by atoms with Crippen LogP contribution in [0.4, 0.5) is 0 Å². The molecule has 0 aromatic carbocycles. The Morgan fingerprint density at radius 1 is 0.288 bits per heavy atom. The van der Waals surface area contributed by atoms with Crippen LogP contribution in [0.1, 0.15) is 213 Å². The van der Waals surface area contributed by atoms with Gasteiger partial charge in [-0.05, 0) is 141 Å². The smallest absolute Gasteiger partial charge is 0.306 e. The zero-order chi connectivity index (χ0) is 52.9. The number of carbonyl (C=O) groups excluding carboxylic acids is 3. The highest BCUT2D eigenvalue weighted by atomic mass is 16.6. The number of carbonyl (C=O) groups is 3. The maximum atomic E-state index is 12.9. The molecule has 0 saturated heterocycles. The van der Waals surface area contributed by atoms with Crippen LogP contribution in [0, 0.1) is 0 Å². The van der Waals surface area contributed by atoms with Crippen molar-refractivity contribution in [3.05, 3.63) is 170 Å². The molecular weight excluding hydrogens is 901 g/mol. The lowest BCUT2D eigenvalue weighted by molar-refractivity contribution is -0.166. The fraction of sp³-hybridized carbons (Fsp3) is 0.537. The van der Waals surface area contributed by atoms with E-state index in [2.05, 4.69) is 179 Å². The van der Waals surface area contributed by atoms with Gasteiger partial charge in [0.2, 0.25) is 0 Å². The third-order valence-electron chi connectivity index (χ3n) is 11.2. The first-order valence-corrected chi connectivity index (χ1v) is 28.6. The summed E-state index contributed by atoms with van der Waals surface area (Å²) in [6, 6.07) is 0. The second-order valence-corrected chi connectivity index (χ2v) is 18.1. The topological polar surface area (TPSA) is 78.9 Å². The Morgan fingerprint density at radius 3 is 0.918 bits per heavy atom. The zero-order valence-corrected chi connectivity index (χ0v) is 46.3. The minimum absolute atomic E-state index is 0.137. The van der Waals surface area contributed by atoms with E-state index < -0.39 is 6.10 Å². The van der Waals surface area contributed by atoms with Crippen LogP contribution in [0.25, 0.3) is 0 Å². The van der Waals surface area contributed by atoms with E-state index in [1.54, 1.807) is 0 Å². The van der Waals surface area contributed by atoms with Crippen molar-refractivity contribution in [3.8, 4) is 0 Å². The van der Waals surface area contributed by atoms with Crippen LogP contribution in [0.15, 0.2) is 170 Å². The van der Waals surface area contributed by atoms with Gasteiger partial charge >= 0.3 is 17.9 Å². The molecule has 73 heavy (non-hydrogen) atoms. The minimum Gasteiger partial charge on any atom is -0.462 e. The van der Waals surface area contributed by atoms with Gasteiger partial charge in [0.1, 0.15) is 13.2 Å². The van der Waals surface area contributed by atoms with Crippen molar-refractivity contribution in [2.75, 3.05) is 13.2 Å². The molecule has 0 aliphatic heterocycles. The summed E-state index contributed by atoms with van der Waals surface area (Å²) in [7, 11) is 0. The number of ether oxygens (including phenoxy) is 3. The van der Waals surface area contributed by atoms with Crippen molar-refractivity contribution in [2.24, 2.45) is 0 Å². The van der Waals surface area contributed by atoms with E-state index in [-0.39, 0.29) is 44.0 Å². The van der Waals surface area contributed by atoms with Crippen LogP contribution in [0.5, 0.6) is 0 Å². The van der Waals surface area contributed by atoms with E-state index in [4.69, 9.17) is 14.2 Å². The average molecular weight is 1000 g/mol. The van der Waals surface area contributed by atoms with Crippen molar-refractivity contribution < 1.29 is 28.6 Å². The molecule has 0 spiro atoms.